The van der Waals surface area contributed by atoms with Crippen molar-refractivity contribution in [1.82, 2.24) is 14.3 Å². The minimum Gasteiger partial charge on any atom is -0.352 e. The third-order valence-corrected chi connectivity index (χ3v) is 8.98. The van der Waals surface area contributed by atoms with Crippen LogP contribution in [0.2, 0.25) is 0 Å². The predicted octanol–water partition coefficient (Wildman–Crippen LogP) is 5.23. The van der Waals surface area contributed by atoms with Gasteiger partial charge < -0.3 is 5.32 Å². The first-order chi connectivity index (χ1) is 15.9. The molecule has 2 heterocycles. The molecule has 3 rings (SSSR count). The lowest BCUT2D eigenvalue weighted by Crippen LogP contribution is -2.45. The van der Waals surface area contributed by atoms with Gasteiger partial charge in [0, 0.05) is 42.2 Å². The minimum atomic E-state index is -0.693. The van der Waals surface area contributed by atoms with Crippen LogP contribution in [0, 0.1) is 16.7 Å². The summed E-state index contributed by atoms with van der Waals surface area (Å²) in [6.45, 7) is 15.2. The smallest absolute Gasteiger partial charge is 0.253 e. The molecule has 2 aromatic rings. The number of hydrogen-bond acceptors (Lipinski definition) is 4. The van der Waals surface area contributed by atoms with E-state index < -0.39 is 10.8 Å². The molecule has 0 bridgehead atoms. The van der Waals surface area contributed by atoms with Gasteiger partial charge in [-0.1, -0.05) is 40.2 Å². The molecule has 34 heavy (non-hydrogen) atoms. The third kappa shape index (κ3) is 5.35. The van der Waals surface area contributed by atoms with E-state index in [0.717, 1.165) is 35.1 Å². The molecule has 1 saturated carbocycles. The van der Waals surface area contributed by atoms with E-state index in [1.54, 1.807) is 23.9 Å². The van der Waals surface area contributed by atoms with E-state index in [9.17, 15) is 9.59 Å². The van der Waals surface area contributed by atoms with Crippen LogP contribution in [0.15, 0.2) is 35.7 Å². The molecule has 0 unspecified atom stereocenters. The first-order valence-electron chi connectivity index (χ1n) is 12.4. The molecule has 0 aromatic carbocycles. The van der Waals surface area contributed by atoms with Crippen LogP contribution in [0.4, 0.5) is 0 Å². The van der Waals surface area contributed by atoms with E-state index in [1.165, 1.54) is 0 Å². The van der Waals surface area contributed by atoms with Crippen molar-refractivity contribution in [2.75, 3.05) is 0 Å². The second kappa shape index (κ2) is 10.1. The number of rotatable bonds is 7. The van der Waals surface area contributed by atoms with Gasteiger partial charge in [-0.15, -0.1) is 0 Å². The standard InChI is InChI=1S/C27H40N4O2S/c1-8-9-12-20-18-31(25(2,3)4)34-23(20)30-24(33)27(7)14-13-21(26(27,5)6)22(32)29-17-19-11-10-15-28-16-19/h10-11,15-16,18,21H,8-9,12-14,17H2,1-7H3,(H,29,32)/b30-23-/t21-,27+/m1/s1. The van der Waals surface area contributed by atoms with Crippen LogP contribution in [0.25, 0.3) is 0 Å². The second-order valence-electron chi connectivity index (χ2n) is 11.3. The lowest BCUT2D eigenvalue weighted by molar-refractivity contribution is -0.136. The number of nitrogens with one attached hydrogen (secondary N) is 1. The van der Waals surface area contributed by atoms with Crippen molar-refractivity contribution >= 4 is 23.3 Å². The van der Waals surface area contributed by atoms with E-state index in [1.807, 2.05) is 32.9 Å². The minimum absolute atomic E-state index is 0.00397. The van der Waals surface area contributed by atoms with Crippen molar-refractivity contribution in [2.24, 2.45) is 21.7 Å². The summed E-state index contributed by atoms with van der Waals surface area (Å²) < 4.78 is 3.01. The molecule has 7 heteroatoms. The number of nitrogens with zero attached hydrogens (tertiary/aromatic N) is 3. The molecule has 6 nitrogen and oxygen atoms in total. The highest BCUT2D eigenvalue weighted by Gasteiger charge is 2.58. The lowest BCUT2D eigenvalue weighted by Gasteiger charge is -2.38. The number of amides is 2. The number of pyridine rings is 1. The van der Waals surface area contributed by atoms with Crippen LogP contribution in [0.1, 0.15) is 85.3 Å². The third-order valence-electron chi connectivity index (χ3n) is 7.60. The summed E-state index contributed by atoms with van der Waals surface area (Å²) in [6.07, 6.45) is 10.1. The van der Waals surface area contributed by atoms with Crippen LogP contribution in [-0.4, -0.2) is 20.8 Å². The predicted molar refractivity (Wildman–Crippen MR) is 137 cm³/mol. The number of aromatic nitrogens is 2. The largest absolute Gasteiger partial charge is 0.352 e. The van der Waals surface area contributed by atoms with Gasteiger partial charge in [-0.25, -0.2) is 4.99 Å². The summed E-state index contributed by atoms with van der Waals surface area (Å²) in [6, 6.07) is 3.81. The highest BCUT2D eigenvalue weighted by molar-refractivity contribution is 7.04. The topological polar surface area (TPSA) is 76.3 Å². The maximum atomic E-state index is 13.7. The molecular formula is C27H40N4O2S. The van der Waals surface area contributed by atoms with E-state index in [2.05, 4.69) is 48.1 Å². The molecular weight excluding hydrogens is 444 g/mol. The number of carbonyl (C=O) groups is 2. The maximum Gasteiger partial charge on any atom is 0.253 e. The van der Waals surface area contributed by atoms with Crippen LogP contribution in [0.5, 0.6) is 0 Å². The zero-order valence-corrected chi connectivity index (χ0v) is 22.6. The van der Waals surface area contributed by atoms with E-state index in [4.69, 9.17) is 4.99 Å². The Morgan fingerprint density at radius 3 is 2.65 bits per heavy atom. The van der Waals surface area contributed by atoms with Crippen LogP contribution < -0.4 is 9.99 Å². The average Bonchev–Trinajstić information content (AvgIpc) is 3.29. The molecule has 2 atom stereocenters. The Morgan fingerprint density at radius 2 is 2.03 bits per heavy atom. The van der Waals surface area contributed by atoms with Gasteiger partial charge in [0.05, 0.1) is 5.41 Å². The molecule has 0 aliphatic heterocycles. The van der Waals surface area contributed by atoms with Gasteiger partial charge >= 0.3 is 0 Å². The van der Waals surface area contributed by atoms with Gasteiger partial charge in [-0.2, -0.15) is 0 Å². The normalized spacial score (nSPS) is 22.7. The molecule has 1 N–H and O–H groups in total. The van der Waals surface area contributed by atoms with Crippen molar-refractivity contribution in [3.8, 4) is 0 Å². The summed E-state index contributed by atoms with van der Waals surface area (Å²) >= 11 is 1.56. The Morgan fingerprint density at radius 1 is 1.29 bits per heavy atom. The van der Waals surface area contributed by atoms with Gasteiger partial charge in [-0.3, -0.25) is 18.5 Å². The number of carbonyl (C=O) groups excluding carboxylic acids is 2. The maximum absolute atomic E-state index is 13.7. The van der Waals surface area contributed by atoms with Crippen LogP contribution in [-0.2, 0) is 28.1 Å². The molecule has 0 radical (unpaired) electrons. The Bertz CT molecular complexity index is 1080. The number of aryl methyl sites for hydroxylation is 1. The summed E-state index contributed by atoms with van der Waals surface area (Å²) in [5.41, 5.74) is 0.844. The SMILES string of the molecule is CCCCc1cn(C(C)(C)C)s/c1=N\C(=O)[C@]1(C)CC[C@H](C(=O)NCc2cccnc2)C1(C)C. The van der Waals surface area contributed by atoms with Gasteiger partial charge in [0.15, 0.2) is 0 Å². The van der Waals surface area contributed by atoms with Gasteiger partial charge in [0.25, 0.3) is 5.91 Å². The molecule has 0 saturated heterocycles. The van der Waals surface area contributed by atoms with Crippen molar-refractivity contribution < 1.29 is 9.59 Å². The van der Waals surface area contributed by atoms with Gasteiger partial charge in [-0.05, 0) is 75.0 Å². The van der Waals surface area contributed by atoms with E-state index >= 15 is 0 Å². The summed E-state index contributed by atoms with van der Waals surface area (Å²) in [4.78, 5) is 35.6. The van der Waals surface area contributed by atoms with Crippen molar-refractivity contribution in [2.45, 2.75) is 92.7 Å². The molecule has 2 aromatic heterocycles. The molecule has 0 spiro atoms. The van der Waals surface area contributed by atoms with Gasteiger partial charge in [0.2, 0.25) is 5.91 Å². The second-order valence-corrected chi connectivity index (χ2v) is 12.3. The number of unbranched alkanes of at least 4 members (excludes halogenated alkanes) is 1. The molecule has 1 aliphatic carbocycles. The number of hydrogen-bond donors (Lipinski definition) is 1. The van der Waals surface area contributed by atoms with Crippen molar-refractivity contribution in [3.63, 3.8) is 0 Å². The lowest BCUT2D eigenvalue weighted by atomic mass is 9.65. The molecule has 1 aliphatic rings. The molecule has 1 fully saturated rings. The Kier molecular flexibility index (Phi) is 7.85. The summed E-state index contributed by atoms with van der Waals surface area (Å²) in [5, 5.41) is 3.05. The highest BCUT2D eigenvalue weighted by Crippen LogP contribution is 2.56. The Labute approximate surface area is 208 Å². The quantitative estimate of drug-likeness (QED) is 0.585. The zero-order chi connectivity index (χ0) is 25.1. The summed E-state index contributed by atoms with van der Waals surface area (Å²) in [7, 11) is 0. The highest BCUT2D eigenvalue weighted by atomic mass is 32.1. The first kappa shape index (κ1) is 26.3. The summed E-state index contributed by atoms with van der Waals surface area (Å²) in [5.74, 6) is -0.354. The monoisotopic (exact) mass is 484 g/mol. The fraction of sp³-hybridized carbons (Fsp3) is 0.630. The Balaban J connectivity index is 1.84. The van der Waals surface area contributed by atoms with Crippen LogP contribution in [0.3, 0.4) is 0 Å². The fourth-order valence-corrected chi connectivity index (χ4v) is 5.74. The van der Waals surface area contributed by atoms with Gasteiger partial charge in [0.1, 0.15) is 4.67 Å². The van der Waals surface area contributed by atoms with E-state index in [0.29, 0.717) is 19.4 Å². The van der Waals surface area contributed by atoms with E-state index in [-0.39, 0.29) is 23.3 Å². The average molecular weight is 485 g/mol. The first-order valence-corrected chi connectivity index (χ1v) is 13.2. The molecule has 2 amide bonds. The zero-order valence-electron chi connectivity index (χ0n) is 21.8. The Hall–Kier alpha value is -2.28. The molecule has 186 valence electrons. The van der Waals surface area contributed by atoms with Crippen molar-refractivity contribution in [1.29, 1.82) is 0 Å². The van der Waals surface area contributed by atoms with Crippen molar-refractivity contribution in [3.05, 3.63) is 46.5 Å². The van der Waals surface area contributed by atoms with Crippen LogP contribution >= 0.6 is 11.5 Å². The fourth-order valence-electron chi connectivity index (χ4n) is 4.71.